The molecule has 0 aromatic rings. The van der Waals surface area contributed by atoms with E-state index in [2.05, 4.69) is 29.4 Å². The Labute approximate surface area is 149 Å². The van der Waals surface area contributed by atoms with Crippen LogP contribution >= 0.6 is 0 Å². The Bertz CT molecular complexity index is 509. The molecule has 2 saturated heterocycles. The Morgan fingerprint density at radius 1 is 1.40 bits per heavy atom. The van der Waals surface area contributed by atoms with Crippen LogP contribution in [-0.4, -0.2) is 65.0 Å². The molecular weight excluding hydrogens is 324 g/mol. The number of rotatable bonds is 6. The van der Waals surface area contributed by atoms with Gasteiger partial charge in [0.15, 0.2) is 0 Å². The topological polar surface area (TPSA) is 125 Å². The van der Waals surface area contributed by atoms with Crippen LogP contribution in [0.4, 0.5) is 0 Å². The summed E-state index contributed by atoms with van der Waals surface area (Å²) in [5.74, 6) is -1.20. The average Bonchev–Trinajstić information content (AvgIpc) is 2.93. The zero-order valence-corrected chi connectivity index (χ0v) is 15.8. The Kier molecular flexibility index (Phi) is 7.37. The second-order valence-electron chi connectivity index (χ2n) is 7.04. The fraction of sp³-hybridized carbons (Fsp3) is 0.824. The molecule has 0 aromatic carbocycles. The van der Waals surface area contributed by atoms with E-state index < -0.39 is 29.5 Å². The maximum absolute atomic E-state index is 12.4. The first-order valence-corrected chi connectivity index (χ1v) is 8.98. The molecule has 2 aliphatic heterocycles. The van der Waals surface area contributed by atoms with E-state index in [9.17, 15) is 19.5 Å². The molecule has 0 aliphatic carbocycles. The summed E-state index contributed by atoms with van der Waals surface area (Å²) < 4.78 is 0. The molecule has 2 rings (SSSR count). The summed E-state index contributed by atoms with van der Waals surface area (Å²) >= 11 is 0. The Balaban J connectivity index is 0.00000151. The number of likely N-dealkylation sites (tertiary alicyclic amines) is 1. The summed E-state index contributed by atoms with van der Waals surface area (Å²) in [5.41, 5.74) is 4.59. The Hall–Kier alpha value is -1.67. The molecule has 2 fully saturated rings. The van der Waals surface area contributed by atoms with Gasteiger partial charge in [-0.3, -0.25) is 19.3 Å². The Morgan fingerprint density at radius 3 is 2.36 bits per heavy atom. The number of amides is 3. The fourth-order valence-corrected chi connectivity index (χ4v) is 3.39. The van der Waals surface area contributed by atoms with E-state index in [0.29, 0.717) is 25.4 Å². The third-order valence-corrected chi connectivity index (χ3v) is 4.64. The summed E-state index contributed by atoms with van der Waals surface area (Å²) in [4.78, 5) is 37.9. The van der Waals surface area contributed by atoms with Crippen molar-refractivity contribution in [2.45, 2.75) is 58.7 Å². The van der Waals surface area contributed by atoms with Crippen molar-refractivity contribution in [2.24, 2.45) is 17.6 Å². The lowest BCUT2D eigenvalue weighted by atomic mass is 9.84. The number of hydrogen-bond acceptors (Lipinski definition) is 5. The highest BCUT2D eigenvalue weighted by atomic mass is 16.3. The van der Waals surface area contributed by atoms with Gasteiger partial charge < -0.3 is 21.5 Å². The number of carbonyl (C=O) groups is 3. The van der Waals surface area contributed by atoms with Crippen molar-refractivity contribution < 1.29 is 19.5 Å². The normalized spacial score (nSPS) is 27.8. The van der Waals surface area contributed by atoms with Gasteiger partial charge in [0.1, 0.15) is 11.6 Å². The highest BCUT2D eigenvalue weighted by Crippen LogP contribution is 2.37. The van der Waals surface area contributed by atoms with Crippen molar-refractivity contribution in [3.63, 3.8) is 0 Å². The van der Waals surface area contributed by atoms with Crippen LogP contribution in [0.5, 0.6) is 0 Å². The molecule has 2 heterocycles. The fourth-order valence-electron chi connectivity index (χ4n) is 3.39. The maximum atomic E-state index is 12.4. The molecule has 4 atom stereocenters. The van der Waals surface area contributed by atoms with Crippen LogP contribution < -0.4 is 16.4 Å². The lowest BCUT2D eigenvalue weighted by Crippen LogP contribution is -2.70. The molecule has 0 bridgehead atoms. The highest BCUT2D eigenvalue weighted by molar-refractivity contribution is 5.95. The second-order valence-corrected chi connectivity index (χ2v) is 7.04. The van der Waals surface area contributed by atoms with E-state index in [1.54, 1.807) is 0 Å². The second kappa shape index (κ2) is 8.62. The van der Waals surface area contributed by atoms with Crippen molar-refractivity contribution >= 4 is 17.7 Å². The molecule has 25 heavy (non-hydrogen) atoms. The van der Waals surface area contributed by atoms with E-state index in [-0.39, 0.29) is 11.8 Å². The largest absolute Gasteiger partial charge is 0.391 e. The maximum Gasteiger partial charge on any atom is 0.242 e. The summed E-state index contributed by atoms with van der Waals surface area (Å²) in [6, 6.07) is -1.12. The van der Waals surface area contributed by atoms with E-state index >= 15 is 0 Å². The van der Waals surface area contributed by atoms with Crippen molar-refractivity contribution in [1.82, 2.24) is 15.5 Å². The molecule has 4 unspecified atom stereocenters. The van der Waals surface area contributed by atoms with Gasteiger partial charge >= 0.3 is 0 Å². The number of aliphatic hydroxyl groups is 1. The third-order valence-electron chi connectivity index (χ3n) is 4.64. The number of carbonyl (C=O) groups excluding carboxylic acids is 3. The molecular formula is C17H32N4O4. The zero-order valence-electron chi connectivity index (χ0n) is 15.8. The monoisotopic (exact) mass is 356 g/mol. The van der Waals surface area contributed by atoms with Gasteiger partial charge in [0.2, 0.25) is 17.7 Å². The van der Waals surface area contributed by atoms with Crippen LogP contribution in [0.15, 0.2) is 0 Å². The van der Waals surface area contributed by atoms with Gasteiger partial charge in [-0.1, -0.05) is 27.7 Å². The van der Waals surface area contributed by atoms with Crippen LogP contribution in [0.25, 0.3) is 0 Å². The molecule has 8 heteroatoms. The average molecular weight is 356 g/mol. The van der Waals surface area contributed by atoms with Gasteiger partial charge in [0.05, 0.1) is 12.0 Å². The summed E-state index contributed by atoms with van der Waals surface area (Å²) in [6.07, 6.45) is -0.645. The van der Waals surface area contributed by atoms with E-state index in [4.69, 9.17) is 5.73 Å². The molecule has 1 spiro atoms. The van der Waals surface area contributed by atoms with Crippen LogP contribution in [0.1, 0.15) is 41.0 Å². The molecule has 8 nitrogen and oxygen atoms in total. The van der Waals surface area contributed by atoms with Gasteiger partial charge in [-0.25, -0.2) is 0 Å². The van der Waals surface area contributed by atoms with E-state index in [1.807, 2.05) is 13.8 Å². The molecule has 0 saturated carbocycles. The molecule has 144 valence electrons. The van der Waals surface area contributed by atoms with Crippen molar-refractivity contribution in [1.29, 1.82) is 0 Å². The minimum absolute atomic E-state index is 0.0459. The zero-order chi connectivity index (χ0) is 19.4. The van der Waals surface area contributed by atoms with Gasteiger partial charge in [-0.2, -0.15) is 0 Å². The smallest absolute Gasteiger partial charge is 0.242 e. The number of nitrogens with one attached hydrogen (secondary N) is 2. The minimum atomic E-state index is -1.12. The van der Waals surface area contributed by atoms with E-state index in [0.717, 1.165) is 6.54 Å². The minimum Gasteiger partial charge on any atom is -0.391 e. The molecule has 2 aliphatic rings. The first-order chi connectivity index (χ1) is 11.7. The van der Waals surface area contributed by atoms with Crippen LogP contribution in [-0.2, 0) is 14.4 Å². The molecule has 5 N–H and O–H groups in total. The Morgan fingerprint density at radius 2 is 2.00 bits per heavy atom. The summed E-state index contributed by atoms with van der Waals surface area (Å²) in [6.45, 7) is 11.3. The van der Waals surface area contributed by atoms with Gasteiger partial charge in [0.25, 0.3) is 0 Å². The van der Waals surface area contributed by atoms with Crippen LogP contribution in [0.2, 0.25) is 0 Å². The van der Waals surface area contributed by atoms with Gasteiger partial charge in [0, 0.05) is 19.6 Å². The standard InChI is InChI=1S/C15H26N4O4.C2H6/c1-8(2)5-19-6-10(4-15(19)7-17-14(15)23)13(22)18-11(9(3)20)12(16)21;1-2/h8-11,20H,4-7H2,1-3H3,(H2,16,21)(H,17,23)(H,18,22);1-2H3. The quantitative estimate of drug-likeness (QED) is 0.464. The van der Waals surface area contributed by atoms with Gasteiger partial charge in [-0.15, -0.1) is 0 Å². The summed E-state index contributed by atoms with van der Waals surface area (Å²) in [7, 11) is 0. The lowest BCUT2D eigenvalue weighted by Gasteiger charge is -2.44. The first kappa shape index (κ1) is 21.4. The highest BCUT2D eigenvalue weighted by Gasteiger charge is 2.57. The number of nitrogens with two attached hydrogens (primary N) is 1. The van der Waals surface area contributed by atoms with Gasteiger partial charge in [-0.05, 0) is 19.3 Å². The number of nitrogens with zero attached hydrogens (tertiary/aromatic N) is 1. The number of β-lactam (4-membered cyclic amide) rings is 1. The molecule has 3 amide bonds. The first-order valence-electron chi connectivity index (χ1n) is 8.98. The predicted octanol–water partition coefficient (Wildman–Crippen LogP) is -0.790. The van der Waals surface area contributed by atoms with Crippen molar-refractivity contribution in [3.05, 3.63) is 0 Å². The molecule has 0 radical (unpaired) electrons. The molecule has 0 aromatic heterocycles. The predicted molar refractivity (Wildman–Crippen MR) is 94.4 cm³/mol. The van der Waals surface area contributed by atoms with Crippen LogP contribution in [0.3, 0.4) is 0 Å². The summed E-state index contributed by atoms with van der Waals surface area (Å²) in [5, 5.41) is 14.8. The van der Waals surface area contributed by atoms with E-state index in [1.165, 1.54) is 6.92 Å². The lowest BCUT2D eigenvalue weighted by molar-refractivity contribution is -0.141. The SMILES string of the molecule is CC.CC(C)CN1CC(C(=O)NC(C(N)=O)C(C)O)CC12CNC2=O. The third kappa shape index (κ3) is 4.49. The van der Waals surface area contributed by atoms with Crippen LogP contribution in [0, 0.1) is 11.8 Å². The van der Waals surface area contributed by atoms with Crippen molar-refractivity contribution in [2.75, 3.05) is 19.6 Å². The van der Waals surface area contributed by atoms with Crippen molar-refractivity contribution in [3.8, 4) is 0 Å². The number of hydrogen-bond donors (Lipinski definition) is 4. The number of aliphatic hydroxyl groups excluding tert-OH is 1. The number of primary amides is 1.